The maximum absolute atomic E-state index is 12.1. The van der Waals surface area contributed by atoms with Crippen molar-refractivity contribution in [3.8, 4) is 5.69 Å². The lowest BCUT2D eigenvalue weighted by Gasteiger charge is -2.09. The molecular weight excluding hydrogens is 375 g/mol. The van der Waals surface area contributed by atoms with Crippen molar-refractivity contribution in [2.24, 2.45) is 0 Å². The molecule has 8 heteroatoms. The minimum atomic E-state index is -0.452. The summed E-state index contributed by atoms with van der Waals surface area (Å²) in [5.74, 6) is -0.812. The minimum absolute atomic E-state index is 0.191. The van der Waals surface area contributed by atoms with E-state index in [2.05, 4.69) is 15.7 Å². The Labute approximate surface area is 159 Å². The summed E-state index contributed by atoms with van der Waals surface area (Å²) < 4.78 is 1.68. The van der Waals surface area contributed by atoms with Crippen LogP contribution < -0.4 is 10.6 Å². The molecule has 0 aliphatic rings. The molecule has 3 rings (SSSR count). The standard InChI is InChI=1S/C18H14Cl2N4O2/c19-12-5-6-15(16(20)9-12)18(26)21-11-17(25)23-13-3-1-4-14(10-13)24-8-2-7-22-24/h1-10H,11H2,(H,21,26)(H,23,25). The molecule has 0 aliphatic carbocycles. The second-order valence-corrected chi connectivity index (χ2v) is 6.20. The van der Waals surface area contributed by atoms with Crippen molar-refractivity contribution >= 4 is 40.7 Å². The highest BCUT2D eigenvalue weighted by Crippen LogP contribution is 2.20. The molecule has 2 N–H and O–H groups in total. The van der Waals surface area contributed by atoms with Crippen molar-refractivity contribution in [1.29, 1.82) is 0 Å². The largest absolute Gasteiger partial charge is 0.343 e. The Morgan fingerprint density at radius 3 is 2.65 bits per heavy atom. The van der Waals surface area contributed by atoms with E-state index in [1.54, 1.807) is 41.3 Å². The van der Waals surface area contributed by atoms with E-state index in [1.807, 2.05) is 12.1 Å². The molecule has 1 aromatic heterocycles. The van der Waals surface area contributed by atoms with Crippen LogP contribution in [0.5, 0.6) is 0 Å². The summed E-state index contributed by atoms with van der Waals surface area (Å²) >= 11 is 11.8. The van der Waals surface area contributed by atoms with Gasteiger partial charge in [0.2, 0.25) is 5.91 Å². The van der Waals surface area contributed by atoms with Gasteiger partial charge in [0.1, 0.15) is 0 Å². The fraction of sp³-hybridized carbons (Fsp3) is 0.0556. The molecule has 2 aromatic carbocycles. The number of benzene rings is 2. The Kier molecular flexibility index (Phi) is 5.55. The van der Waals surface area contributed by atoms with E-state index in [-0.39, 0.29) is 23.0 Å². The van der Waals surface area contributed by atoms with Gasteiger partial charge in [0.05, 0.1) is 22.8 Å². The van der Waals surface area contributed by atoms with Crippen LogP contribution in [0.15, 0.2) is 60.9 Å². The summed E-state index contributed by atoms with van der Waals surface area (Å²) in [6.07, 6.45) is 3.47. The number of rotatable bonds is 5. The van der Waals surface area contributed by atoms with Crippen LogP contribution in [0, 0.1) is 0 Å². The summed E-state index contributed by atoms with van der Waals surface area (Å²) in [5, 5.41) is 10.0. The first-order chi connectivity index (χ1) is 12.5. The number of carbonyl (C=O) groups excluding carboxylic acids is 2. The molecular formula is C18H14Cl2N4O2. The lowest BCUT2D eigenvalue weighted by atomic mass is 10.2. The van der Waals surface area contributed by atoms with E-state index in [1.165, 1.54) is 12.1 Å². The van der Waals surface area contributed by atoms with Crippen molar-refractivity contribution < 1.29 is 9.59 Å². The van der Waals surface area contributed by atoms with E-state index in [0.717, 1.165) is 5.69 Å². The van der Waals surface area contributed by atoms with Crippen LogP contribution in [0.3, 0.4) is 0 Å². The molecule has 0 fully saturated rings. The topological polar surface area (TPSA) is 76.0 Å². The van der Waals surface area contributed by atoms with Crippen LogP contribution >= 0.6 is 23.2 Å². The van der Waals surface area contributed by atoms with Crippen LogP contribution in [-0.4, -0.2) is 28.1 Å². The quantitative estimate of drug-likeness (QED) is 0.701. The molecule has 0 saturated carbocycles. The summed E-state index contributed by atoms with van der Waals surface area (Å²) in [6.45, 7) is -0.191. The monoisotopic (exact) mass is 388 g/mol. The summed E-state index contributed by atoms with van der Waals surface area (Å²) in [6, 6.07) is 13.5. The summed E-state index contributed by atoms with van der Waals surface area (Å²) in [4.78, 5) is 24.2. The van der Waals surface area contributed by atoms with Crippen LogP contribution in [0.4, 0.5) is 5.69 Å². The maximum atomic E-state index is 12.1. The normalized spacial score (nSPS) is 10.4. The highest BCUT2D eigenvalue weighted by molar-refractivity contribution is 6.36. The molecule has 0 atom stereocenters. The molecule has 6 nitrogen and oxygen atoms in total. The van der Waals surface area contributed by atoms with Crippen molar-refractivity contribution in [3.05, 3.63) is 76.5 Å². The molecule has 0 saturated heterocycles. The van der Waals surface area contributed by atoms with Gasteiger partial charge in [-0.2, -0.15) is 5.10 Å². The van der Waals surface area contributed by atoms with Crippen LogP contribution in [0.1, 0.15) is 10.4 Å². The van der Waals surface area contributed by atoms with Crippen molar-refractivity contribution in [2.45, 2.75) is 0 Å². The van der Waals surface area contributed by atoms with Gasteiger partial charge in [0, 0.05) is 23.1 Å². The number of hydrogen-bond acceptors (Lipinski definition) is 3. The van der Waals surface area contributed by atoms with Gasteiger partial charge < -0.3 is 10.6 Å². The van der Waals surface area contributed by atoms with Gasteiger partial charge in [-0.1, -0.05) is 29.3 Å². The van der Waals surface area contributed by atoms with Gasteiger partial charge in [-0.15, -0.1) is 0 Å². The lowest BCUT2D eigenvalue weighted by Crippen LogP contribution is -2.33. The first-order valence-electron chi connectivity index (χ1n) is 7.66. The summed E-state index contributed by atoms with van der Waals surface area (Å²) in [7, 11) is 0. The zero-order valence-electron chi connectivity index (χ0n) is 13.4. The van der Waals surface area contributed by atoms with E-state index in [9.17, 15) is 9.59 Å². The number of nitrogens with one attached hydrogen (secondary N) is 2. The molecule has 26 heavy (non-hydrogen) atoms. The maximum Gasteiger partial charge on any atom is 0.253 e. The van der Waals surface area contributed by atoms with Crippen molar-refractivity contribution in [1.82, 2.24) is 15.1 Å². The Morgan fingerprint density at radius 1 is 1.08 bits per heavy atom. The Balaban J connectivity index is 1.59. The van der Waals surface area contributed by atoms with Gasteiger partial charge >= 0.3 is 0 Å². The fourth-order valence-corrected chi connectivity index (χ4v) is 2.78. The smallest absolute Gasteiger partial charge is 0.253 e. The number of amides is 2. The molecule has 1 heterocycles. The number of aromatic nitrogens is 2. The zero-order chi connectivity index (χ0) is 18.5. The highest BCUT2D eigenvalue weighted by atomic mass is 35.5. The van der Waals surface area contributed by atoms with E-state index >= 15 is 0 Å². The molecule has 0 aliphatic heterocycles. The van der Waals surface area contributed by atoms with Gasteiger partial charge in [-0.3, -0.25) is 9.59 Å². The predicted molar refractivity (Wildman–Crippen MR) is 101 cm³/mol. The third-order valence-electron chi connectivity index (χ3n) is 3.48. The molecule has 0 radical (unpaired) electrons. The van der Waals surface area contributed by atoms with Gasteiger partial charge in [-0.25, -0.2) is 4.68 Å². The Morgan fingerprint density at radius 2 is 1.92 bits per heavy atom. The van der Waals surface area contributed by atoms with Gasteiger partial charge in [0.25, 0.3) is 5.91 Å². The minimum Gasteiger partial charge on any atom is -0.343 e. The van der Waals surface area contributed by atoms with Crippen molar-refractivity contribution in [3.63, 3.8) is 0 Å². The highest BCUT2D eigenvalue weighted by Gasteiger charge is 2.12. The third kappa shape index (κ3) is 4.41. The molecule has 3 aromatic rings. The van der Waals surface area contributed by atoms with Gasteiger partial charge in [-0.05, 0) is 42.5 Å². The van der Waals surface area contributed by atoms with E-state index < -0.39 is 5.91 Å². The van der Waals surface area contributed by atoms with Crippen molar-refractivity contribution in [2.75, 3.05) is 11.9 Å². The first-order valence-corrected chi connectivity index (χ1v) is 8.42. The Hall–Kier alpha value is -2.83. The number of halogens is 2. The fourth-order valence-electron chi connectivity index (χ4n) is 2.28. The number of carbonyl (C=O) groups is 2. The molecule has 0 spiro atoms. The SMILES string of the molecule is O=C(CNC(=O)c1ccc(Cl)cc1Cl)Nc1cccc(-n2cccn2)c1. The third-order valence-corrected chi connectivity index (χ3v) is 4.03. The van der Waals surface area contributed by atoms with Crippen LogP contribution in [0.2, 0.25) is 10.0 Å². The lowest BCUT2D eigenvalue weighted by molar-refractivity contribution is -0.115. The van der Waals surface area contributed by atoms with Crippen LogP contribution in [-0.2, 0) is 4.79 Å². The second kappa shape index (κ2) is 8.03. The Bertz CT molecular complexity index is 942. The summed E-state index contributed by atoms with van der Waals surface area (Å²) in [5.41, 5.74) is 1.66. The number of hydrogen-bond donors (Lipinski definition) is 2. The molecule has 0 bridgehead atoms. The molecule has 132 valence electrons. The molecule has 0 unspecified atom stereocenters. The average molecular weight is 389 g/mol. The van der Waals surface area contributed by atoms with E-state index in [0.29, 0.717) is 10.7 Å². The van der Waals surface area contributed by atoms with Crippen LogP contribution in [0.25, 0.3) is 5.69 Å². The van der Waals surface area contributed by atoms with Gasteiger partial charge in [0.15, 0.2) is 0 Å². The predicted octanol–water partition coefficient (Wildman–Crippen LogP) is 3.55. The zero-order valence-corrected chi connectivity index (χ0v) is 15.0. The first kappa shape index (κ1) is 18.0. The number of anilines is 1. The average Bonchev–Trinajstić information content (AvgIpc) is 3.14. The number of nitrogens with zero attached hydrogens (tertiary/aromatic N) is 2. The van der Waals surface area contributed by atoms with E-state index in [4.69, 9.17) is 23.2 Å². The molecule has 2 amide bonds. The second-order valence-electron chi connectivity index (χ2n) is 5.36.